The first-order valence-electron chi connectivity index (χ1n) is 5.96. The molecule has 0 heterocycles. The van der Waals surface area contributed by atoms with E-state index < -0.39 is 0 Å². The molecule has 0 bridgehead atoms. The van der Waals surface area contributed by atoms with Crippen LogP contribution in [0.3, 0.4) is 0 Å². The minimum absolute atomic E-state index is 0.114. The van der Waals surface area contributed by atoms with Gasteiger partial charge in [-0.15, -0.1) is 6.58 Å². The van der Waals surface area contributed by atoms with Crippen molar-refractivity contribution in [1.29, 1.82) is 0 Å². The van der Waals surface area contributed by atoms with E-state index in [-0.39, 0.29) is 17.9 Å². The van der Waals surface area contributed by atoms with Gasteiger partial charge in [-0.25, -0.2) is 0 Å². The topological polar surface area (TPSA) is 64.3 Å². The summed E-state index contributed by atoms with van der Waals surface area (Å²) < 4.78 is 5.30. The van der Waals surface area contributed by atoms with Crippen LogP contribution in [0.15, 0.2) is 12.7 Å². The first-order valence-corrected chi connectivity index (χ1v) is 5.96. The molecule has 1 amide bonds. The van der Waals surface area contributed by atoms with Gasteiger partial charge in [0.15, 0.2) is 0 Å². The van der Waals surface area contributed by atoms with Crippen molar-refractivity contribution in [2.45, 2.75) is 31.7 Å². The molecule has 1 aliphatic rings. The molecule has 0 aromatic heterocycles. The Labute approximate surface area is 97.2 Å². The van der Waals surface area contributed by atoms with Crippen molar-refractivity contribution >= 4 is 5.91 Å². The molecule has 1 fully saturated rings. The Balaban J connectivity index is 2.00. The summed E-state index contributed by atoms with van der Waals surface area (Å²) in [6.07, 6.45) is 5.38. The first-order chi connectivity index (χ1) is 7.74. The third kappa shape index (κ3) is 4.77. The van der Waals surface area contributed by atoms with Crippen molar-refractivity contribution in [1.82, 2.24) is 5.32 Å². The smallest absolute Gasteiger partial charge is 0.223 e. The Bertz CT molecular complexity index is 231. The zero-order chi connectivity index (χ0) is 11.8. The Kier molecular flexibility index (Phi) is 6.11. The van der Waals surface area contributed by atoms with Crippen molar-refractivity contribution in [3.8, 4) is 0 Å². The third-order valence-corrected chi connectivity index (χ3v) is 2.86. The van der Waals surface area contributed by atoms with Crippen molar-refractivity contribution in [3.63, 3.8) is 0 Å². The molecule has 0 aliphatic heterocycles. The van der Waals surface area contributed by atoms with Gasteiger partial charge in [0, 0.05) is 18.5 Å². The lowest BCUT2D eigenvalue weighted by Crippen LogP contribution is -2.32. The molecule has 0 spiro atoms. The first kappa shape index (κ1) is 13.2. The van der Waals surface area contributed by atoms with Crippen LogP contribution >= 0.6 is 0 Å². The number of amides is 1. The van der Waals surface area contributed by atoms with E-state index in [4.69, 9.17) is 10.5 Å². The van der Waals surface area contributed by atoms with Crippen molar-refractivity contribution in [2.24, 2.45) is 11.7 Å². The summed E-state index contributed by atoms with van der Waals surface area (Å²) in [7, 11) is 0. The number of rotatable bonds is 7. The molecule has 4 heteroatoms. The maximum absolute atomic E-state index is 11.6. The lowest BCUT2D eigenvalue weighted by Gasteiger charge is -2.10. The number of hydrogen-bond donors (Lipinski definition) is 2. The Morgan fingerprint density at radius 2 is 2.31 bits per heavy atom. The molecule has 4 nitrogen and oxygen atoms in total. The van der Waals surface area contributed by atoms with E-state index in [2.05, 4.69) is 11.9 Å². The van der Waals surface area contributed by atoms with Crippen LogP contribution in [0, 0.1) is 5.92 Å². The Hall–Kier alpha value is -0.870. The van der Waals surface area contributed by atoms with Crippen LogP contribution in [0.4, 0.5) is 0 Å². The van der Waals surface area contributed by atoms with Crippen LogP contribution in [0.25, 0.3) is 0 Å². The highest BCUT2D eigenvalue weighted by atomic mass is 16.5. The average Bonchev–Trinajstić information content (AvgIpc) is 2.70. The molecular weight excluding hydrogens is 204 g/mol. The van der Waals surface area contributed by atoms with E-state index >= 15 is 0 Å². The number of carbonyl (C=O) groups is 1. The minimum Gasteiger partial charge on any atom is -0.379 e. The third-order valence-electron chi connectivity index (χ3n) is 2.86. The molecule has 92 valence electrons. The number of ether oxygens (including phenoxy) is 1. The minimum atomic E-state index is 0.114. The summed E-state index contributed by atoms with van der Waals surface area (Å²) in [6.45, 7) is 5.43. The van der Waals surface area contributed by atoms with Crippen LogP contribution in [0.5, 0.6) is 0 Å². The molecule has 1 saturated carbocycles. The summed E-state index contributed by atoms with van der Waals surface area (Å²) in [5.41, 5.74) is 5.76. The lowest BCUT2D eigenvalue weighted by molar-refractivity contribution is -0.125. The van der Waals surface area contributed by atoms with Gasteiger partial charge in [-0.2, -0.15) is 0 Å². The number of hydrogen-bond acceptors (Lipinski definition) is 3. The Morgan fingerprint density at radius 1 is 1.50 bits per heavy atom. The summed E-state index contributed by atoms with van der Waals surface area (Å²) in [5, 5.41) is 2.88. The van der Waals surface area contributed by atoms with Crippen molar-refractivity contribution in [3.05, 3.63) is 12.7 Å². The maximum atomic E-state index is 11.6. The van der Waals surface area contributed by atoms with Gasteiger partial charge in [0.05, 0.1) is 13.2 Å². The van der Waals surface area contributed by atoms with E-state index in [1.165, 1.54) is 0 Å². The molecular formula is C12H22N2O2. The molecule has 0 saturated heterocycles. The van der Waals surface area contributed by atoms with Gasteiger partial charge in [-0.05, 0) is 25.7 Å². The second-order valence-corrected chi connectivity index (χ2v) is 4.25. The number of nitrogens with two attached hydrogens (primary N) is 1. The molecule has 3 N–H and O–H groups in total. The summed E-state index contributed by atoms with van der Waals surface area (Å²) >= 11 is 0. The largest absolute Gasteiger partial charge is 0.379 e. The van der Waals surface area contributed by atoms with Crippen molar-refractivity contribution < 1.29 is 9.53 Å². The van der Waals surface area contributed by atoms with E-state index in [0.717, 1.165) is 25.7 Å². The fourth-order valence-electron chi connectivity index (χ4n) is 1.91. The average molecular weight is 226 g/mol. The van der Waals surface area contributed by atoms with Gasteiger partial charge in [0.1, 0.15) is 0 Å². The summed E-state index contributed by atoms with van der Waals surface area (Å²) in [4.78, 5) is 11.6. The molecule has 1 rings (SSSR count). The van der Waals surface area contributed by atoms with Gasteiger partial charge < -0.3 is 15.8 Å². The maximum Gasteiger partial charge on any atom is 0.223 e. The molecule has 2 unspecified atom stereocenters. The number of carbonyl (C=O) groups excluding carboxylic acids is 1. The van der Waals surface area contributed by atoms with Crippen LogP contribution in [0.1, 0.15) is 25.7 Å². The zero-order valence-electron chi connectivity index (χ0n) is 9.78. The fourth-order valence-corrected chi connectivity index (χ4v) is 1.91. The second-order valence-electron chi connectivity index (χ2n) is 4.25. The molecule has 0 radical (unpaired) electrons. The van der Waals surface area contributed by atoms with E-state index in [0.29, 0.717) is 19.8 Å². The van der Waals surface area contributed by atoms with E-state index in [1.54, 1.807) is 0 Å². The van der Waals surface area contributed by atoms with Gasteiger partial charge in [0.2, 0.25) is 5.91 Å². The van der Waals surface area contributed by atoms with Crippen LogP contribution in [-0.2, 0) is 9.53 Å². The Morgan fingerprint density at radius 3 is 2.94 bits per heavy atom. The SMILES string of the molecule is C=CCCOCCNC(=O)C1CCC(N)C1. The van der Waals surface area contributed by atoms with Gasteiger partial charge in [0.25, 0.3) is 0 Å². The molecule has 0 aromatic rings. The lowest BCUT2D eigenvalue weighted by atomic mass is 10.1. The van der Waals surface area contributed by atoms with Gasteiger partial charge in [-0.1, -0.05) is 6.08 Å². The molecule has 2 atom stereocenters. The second kappa shape index (κ2) is 7.41. The van der Waals surface area contributed by atoms with Crippen LogP contribution < -0.4 is 11.1 Å². The van der Waals surface area contributed by atoms with E-state index in [1.807, 2.05) is 6.08 Å². The predicted octanol–water partition coefficient (Wildman–Crippen LogP) is 0.823. The normalized spacial score (nSPS) is 24.3. The molecule has 0 aromatic carbocycles. The highest BCUT2D eigenvalue weighted by molar-refractivity contribution is 5.78. The monoisotopic (exact) mass is 226 g/mol. The standard InChI is InChI=1S/C12H22N2O2/c1-2-3-7-16-8-6-14-12(15)10-4-5-11(13)9-10/h2,10-11H,1,3-9,13H2,(H,14,15). The molecule has 1 aliphatic carbocycles. The summed E-state index contributed by atoms with van der Waals surface area (Å²) in [6, 6.07) is 0.208. The number of nitrogens with one attached hydrogen (secondary N) is 1. The van der Waals surface area contributed by atoms with Crippen molar-refractivity contribution in [2.75, 3.05) is 19.8 Å². The highest BCUT2D eigenvalue weighted by Gasteiger charge is 2.27. The van der Waals surface area contributed by atoms with E-state index in [9.17, 15) is 4.79 Å². The van der Waals surface area contributed by atoms with Gasteiger partial charge in [-0.3, -0.25) is 4.79 Å². The molecule has 16 heavy (non-hydrogen) atoms. The quantitative estimate of drug-likeness (QED) is 0.499. The summed E-state index contributed by atoms with van der Waals surface area (Å²) in [5.74, 6) is 0.239. The zero-order valence-corrected chi connectivity index (χ0v) is 9.78. The van der Waals surface area contributed by atoms with Gasteiger partial charge >= 0.3 is 0 Å². The van der Waals surface area contributed by atoms with Crippen LogP contribution in [-0.4, -0.2) is 31.7 Å². The highest BCUT2D eigenvalue weighted by Crippen LogP contribution is 2.23. The van der Waals surface area contributed by atoms with Crippen LogP contribution in [0.2, 0.25) is 0 Å². The predicted molar refractivity (Wildman–Crippen MR) is 64.0 cm³/mol. The fraction of sp³-hybridized carbons (Fsp3) is 0.750.